The van der Waals surface area contributed by atoms with Gasteiger partial charge in [-0.25, -0.2) is 0 Å². The first-order valence-electron chi connectivity index (χ1n) is 7.20. The Hall–Kier alpha value is -1.39. The lowest BCUT2D eigenvalue weighted by molar-refractivity contribution is -0.180. The van der Waals surface area contributed by atoms with Crippen molar-refractivity contribution < 1.29 is 19.0 Å². The van der Waals surface area contributed by atoms with E-state index in [1.807, 2.05) is 30.3 Å². The predicted molar refractivity (Wildman–Crippen MR) is 75.1 cm³/mol. The van der Waals surface area contributed by atoms with Crippen LogP contribution >= 0.6 is 0 Å². The van der Waals surface area contributed by atoms with Crippen LogP contribution < -0.4 is 0 Å². The number of ether oxygens (including phenoxy) is 3. The van der Waals surface area contributed by atoms with E-state index in [-0.39, 0.29) is 12.2 Å². The number of carbonyl (C=O) groups is 1. The number of hydrogen-bond acceptors (Lipinski definition) is 4. The molecule has 0 aromatic heterocycles. The van der Waals surface area contributed by atoms with Crippen molar-refractivity contribution in [3.05, 3.63) is 35.9 Å². The highest BCUT2D eigenvalue weighted by Gasteiger charge is 2.45. The van der Waals surface area contributed by atoms with Crippen LogP contribution in [0.4, 0.5) is 0 Å². The summed E-state index contributed by atoms with van der Waals surface area (Å²) in [5.74, 6) is -0.521. The maximum atomic E-state index is 10.3. The Morgan fingerprint density at radius 3 is 2.50 bits per heavy atom. The van der Waals surface area contributed by atoms with Gasteiger partial charge in [0.05, 0.1) is 12.7 Å². The van der Waals surface area contributed by atoms with Gasteiger partial charge in [-0.3, -0.25) is 4.79 Å². The quantitative estimate of drug-likeness (QED) is 0.567. The molecule has 2 atom stereocenters. The normalized spacial score (nSPS) is 24.5. The third kappa shape index (κ3) is 3.19. The summed E-state index contributed by atoms with van der Waals surface area (Å²) in [6.07, 6.45) is 2.05. The molecular formula is C16H22O4. The summed E-state index contributed by atoms with van der Waals surface area (Å²) in [7, 11) is 0. The van der Waals surface area contributed by atoms with Gasteiger partial charge in [-0.05, 0) is 18.4 Å². The molecule has 110 valence electrons. The lowest BCUT2D eigenvalue weighted by atomic mass is 10.0. The van der Waals surface area contributed by atoms with Gasteiger partial charge < -0.3 is 14.2 Å². The van der Waals surface area contributed by atoms with E-state index in [0.717, 1.165) is 18.4 Å². The summed E-state index contributed by atoms with van der Waals surface area (Å²) in [6, 6.07) is 10.1. The van der Waals surface area contributed by atoms with Crippen LogP contribution in [0, 0.1) is 0 Å². The second kappa shape index (κ2) is 6.86. The first kappa shape index (κ1) is 15.0. The van der Waals surface area contributed by atoms with Crippen molar-refractivity contribution in [3.63, 3.8) is 0 Å². The topological polar surface area (TPSA) is 44.8 Å². The van der Waals surface area contributed by atoms with E-state index < -0.39 is 5.79 Å². The molecule has 0 aliphatic carbocycles. The number of hydrogen-bond donors (Lipinski definition) is 0. The largest absolute Gasteiger partial charge is 0.468 e. The maximum Gasteiger partial charge on any atom is 0.293 e. The van der Waals surface area contributed by atoms with Crippen molar-refractivity contribution in [2.75, 3.05) is 6.61 Å². The molecule has 0 N–H and O–H groups in total. The average molecular weight is 278 g/mol. The molecule has 0 saturated carbocycles. The second-order valence-electron chi connectivity index (χ2n) is 4.98. The number of benzene rings is 1. The van der Waals surface area contributed by atoms with E-state index in [1.165, 1.54) is 0 Å². The van der Waals surface area contributed by atoms with E-state index >= 15 is 0 Å². The van der Waals surface area contributed by atoms with Crippen LogP contribution in [0.25, 0.3) is 0 Å². The molecule has 4 heteroatoms. The van der Waals surface area contributed by atoms with Gasteiger partial charge in [0.15, 0.2) is 5.79 Å². The van der Waals surface area contributed by atoms with Crippen LogP contribution in [-0.2, 0) is 19.0 Å². The van der Waals surface area contributed by atoms with Crippen molar-refractivity contribution in [3.8, 4) is 0 Å². The molecule has 0 spiro atoms. The summed E-state index contributed by atoms with van der Waals surface area (Å²) in [4.78, 5) is 10.3. The van der Waals surface area contributed by atoms with Crippen molar-refractivity contribution in [2.24, 2.45) is 0 Å². The average Bonchev–Trinajstić information content (AvgIpc) is 2.88. The molecule has 0 radical (unpaired) electrons. The van der Waals surface area contributed by atoms with Gasteiger partial charge in [-0.15, -0.1) is 0 Å². The second-order valence-corrected chi connectivity index (χ2v) is 4.98. The Labute approximate surface area is 120 Å². The van der Waals surface area contributed by atoms with Crippen LogP contribution in [0.5, 0.6) is 0 Å². The third-order valence-corrected chi connectivity index (χ3v) is 3.84. The zero-order chi connectivity index (χ0) is 14.4. The third-order valence-electron chi connectivity index (χ3n) is 3.84. The summed E-state index contributed by atoms with van der Waals surface area (Å²) in [5, 5.41) is 0. The van der Waals surface area contributed by atoms with Gasteiger partial charge in [0.2, 0.25) is 0 Å². The fourth-order valence-corrected chi connectivity index (χ4v) is 2.62. The Balaban J connectivity index is 2.15. The highest BCUT2D eigenvalue weighted by molar-refractivity contribution is 5.36. The molecule has 1 aromatic carbocycles. The van der Waals surface area contributed by atoms with Crippen LogP contribution in [0.15, 0.2) is 30.3 Å². The Morgan fingerprint density at radius 1 is 1.20 bits per heavy atom. The van der Waals surface area contributed by atoms with Gasteiger partial charge in [-0.1, -0.05) is 44.2 Å². The minimum atomic E-state index is -0.521. The summed E-state index contributed by atoms with van der Waals surface area (Å²) >= 11 is 0. The van der Waals surface area contributed by atoms with Gasteiger partial charge >= 0.3 is 0 Å². The van der Waals surface area contributed by atoms with Crippen molar-refractivity contribution in [2.45, 2.75) is 51.1 Å². The standard InChI is InChI=1S/C16H22O4/c1-3-16(4-2)19-14(10-11-18-12-17)15(20-16)13-8-6-5-7-9-13/h5-9,12,14-15H,3-4,10-11H2,1-2H3/t14-,15-/m0/s1. The Morgan fingerprint density at radius 2 is 1.90 bits per heavy atom. The molecule has 20 heavy (non-hydrogen) atoms. The Bertz CT molecular complexity index is 414. The molecular weight excluding hydrogens is 256 g/mol. The smallest absolute Gasteiger partial charge is 0.293 e. The van der Waals surface area contributed by atoms with E-state index in [4.69, 9.17) is 14.2 Å². The molecule has 1 aliphatic rings. The van der Waals surface area contributed by atoms with E-state index in [2.05, 4.69) is 13.8 Å². The molecule has 2 rings (SSSR count). The summed E-state index contributed by atoms with van der Waals surface area (Å²) < 4.78 is 17.2. The zero-order valence-corrected chi connectivity index (χ0v) is 12.1. The maximum absolute atomic E-state index is 10.3. The van der Waals surface area contributed by atoms with Gasteiger partial charge in [0.1, 0.15) is 6.10 Å². The molecule has 0 bridgehead atoms. The zero-order valence-electron chi connectivity index (χ0n) is 12.1. The van der Waals surface area contributed by atoms with Crippen molar-refractivity contribution >= 4 is 6.47 Å². The number of carbonyl (C=O) groups excluding carboxylic acids is 1. The lowest BCUT2D eigenvalue weighted by Gasteiger charge is -2.25. The van der Waals surface area contributed by atoms with E-state index in [1.54, 1.807) is 0 Å². The molecule has 4 nitrogen and oxygen atoms in total. The highest BCUT2D eigenvalue weighted by atomic mass is 16.8. The van der Waals surface area contributed by atoms with E-state index in [0.29, 0.717) is 19.5 Å². The molecule has 0 amide bonds. The van der Waals surface area contributed by atoms with Crippen LogP contribution in [0.1, 0.15) is 44.8 Å². The summed E-state index contributed by atoms with van der Waals surface area (Å²) in [6.45, 7) is 4.95. The SMILES string of the molecule is CCC1(CC)O[C@@H](CCOC=O)[C@H](c2ccccc2)O1. The van der Waals surface area contributed by atoms with Crippen LogP contribution in [0.3, 0.4) is 0 Å². The fraction of sp³-hybridized carbons (Fsp3) is 0.562. The van der Waals surface area contributed by atoms with E-state index in [9.17, 15) is 4.79 Å². The molecule has 1 heterocycles. The van der Waals surface area contributed by atoms with Crippen LogP contribution in [-0.4, -0.2) is 25.0 Å². The minimum absolute atomic E-state index is 0.0859. The lowest BCUT2D eigenvalue weighted by Crippen LogP contribution is -2.29. The monoisotopic (exact) mass is 278 g/mol. The predicted octanol–water partition coefficient (Wildman–Crippen LogP) is 3.22. The first-order chi connectivity index (χ1) is 9.74. The molecule has 1 saturated heterocycles. The van der Waals surface area contributed by atoms with Crippen molar-refractivity contribution in [1.29, 1.82) is 0 Å². The highest BCUT2D eigenvalue weighted by Crippen LogP contribution is 2.43. The van der Waals surface area contributed by atoms with Crippen molar-refractivity contribution in [1.82, 2.24) is 0 Å². The fourth-order valence-electron chi connectivity index (χ4n) is 2.62. The summed E-state index contributed by atoms with van der Waals surface area (Å²) in [5.41, 5.74) is 1.10. The Kier molecular flexibility index (Phi) is 5.15. The van der Waals surface area contributed by atoms with Gasteiger partial charge in [-0.2, -0.15) is 0 Å². The molecule has 1 aliphatic heterocycles. The molecule has 1 aromatic rings. The molecule has 0 unspecified atom stereocenters. The minimum Gasteiger partial charge on any atom is -0.468 e. The number of rotatable bonds is 7. The van der Waals surface area contributed by atoms with Gasteiger partial charge in [0.25, 0.3) is 6.47 Å². The molecule has 1 fully saturated rings. The van der Waals surface area contributed by atoms with Gasteiger partial charge in [0, 0.05) is 6.42 Å². The first-order valence-corrected chi connectivity index (χ1v) is 7.20. The van der Waals surface area contributed by atoms with Crippen LogP contribution in [0.2, 0.25) is 0 Å².